The molecule has 1 aliphatic rings. The minimum Gasteiger partial charge on any atom is -0.384 e. The molecule has 1 N–H and O–H groups in total. The fourth-order valence-corrected chi connectivity index (χ4v) is 3.20. The Morgan fingerprint density at radius 1 is 1.81 bits per heavy atom. The molecule has 1 aromatic rings. The molecule has 1 aliphatic heterocycles. The first kappa shape index (κ1) is 12.4. The van der Waals surface area contributed by atoms with Crippen molar-refractivity contribution in [3.05, 3.63) is 16.4 Å². The van der Waals surface area contributed by atoms with Crippen molar-refractivity contribution in [1.82, 2.24) is 9.78 Å². The van der Waals surface area contributed by atoms with Crippen LogP contribution in [0.1, 0.15) is 18.7 Å². The summed E-state index contributed by atoms with van der Waals surface area (Å²) in [6, 6.07) is 0. The van der Waals surface area contributed by atoms with Gasteiger partial charge in [0.05, 0.1) is 29.1 Å². The van der Waals surface area contributed by atoms with Crippen molar-refractivity contribution < 1.29 is 9.84 Å². The number of aliphatic hydroxyl groups excluding tert-OH is 1. The summed E-state index contributed by atoms with van der Waals surface area (Å²) < 4.78 is 8.24. The van der Waals surface area contributed by atoms with Crippen LogP contribution in [0.3, 0.4) is 0 Å². The quantitative estimate of drug-likeness (QED) is 0.925. The molecular formula is C10H15BrN2O2S. The van der Waals surface area contributed by atoms with Crippen molar-refractivity contribution in [2.24, 2.45) is 0 Å². The molecule has 90 valence electrons. The summed E-state index contributed by atoms with van der Waals surface area (Å²) in [5.74, 6) is 1.85. The predicted octanol–water partition coefficient (Wildman–Crippen LogP) is 1.83. The van der Waals surface area contributed by atoms with E-state index < -0.39 is 6.10 Å². The standard InChI is InChI=1S/C10H15BrN2O2S/c1-2-13-9(7(11)5-12-13)10(14)8-6-16-4-3-15-8/h5,8,10,14H,2-4,6H2,1H3. The van der Waals surface area contributed by atoms with E-state index in [0.717, 1.165) is 28.2 Å². The Morgan fingerprint density at radius 2 is 2.62 bits per heavy atom. The van der Waals surface area contributed by atoms with E-state index in [2.05, 4.69) is 21.0 Å². The molecule has 0 radical (unpaired) electrons. The summed E-state index contributed by atoms with van der Waals surface area (Å²) in [5, 5.41) is 14.5. The van der Waals surface area contributed by atoms with Gasteiger partial charge in [-0.25, -0.2) is 0 Å². The Hall–Kier alpha value is -0.0400. The smallest absolute Gasteiger partial charge is 0.124 e. The second-order valence-corrected chi connectivity index (χ2v) is 5.63. The highest BCUT2D eigenvalue weighted by molar-refractivity contribution is 9.10. The van der Waals surface area contributed by atoms with Gasteiger partial charge in [0.15, 0.2) is 0 Å². The summed E-state index contributed by atoms with van der Waals surface area (Å²) in [4.78, 5) is 0. The number of nitrogens with zero attached hydrogens (tertiary/aromatic N) is 2. The third kappa shape index (κ3) is 2.45. The third-order valence-electron chi connectivity index (χ3n) is 2.61. The average molecular weight is 307 g/mol. The first-order chi connectivity index (χ1) is 7.74. The fourth-order valence-electron chi connectivity index (χ4n) is 1.78. The van der Waals surface area contributed by atoms with Crippen LogP contribution in [0.5, 0.6) is 0 Å². The average Bonchev–Trinajstić information content (AvgIpc) is 2.70. The van der Waals surface area contributed by atoms with Gasteiger partial charge in [-0.15, -0.1) is 0 Å². The topological polar surface area (TPSA) is 47.3 Å². The van der Waals surface area contributed by atoms with Gasteiger partial charge in [0, 0.05) is 18.1 Å². The molecule has 0 aliphatic carbocycles. The molecular weight excluding hydrogens is 292 g/mol. The van der Waals surface area contributed by atoms with E-state index in [1.165, 1.54) is 0 Å². The maximum absolute atomic E-state index is 10.3. The molecule has 16 heavy (non-hydrogen) atoms. The lowest BCUT2D eigenvalue weighted by Crippen LogP contribution is -2.31. The highest BCUT2D eigenvalue weighted by Gasteiger charge is 2.28. The van der Waals surface area contributed by atoms with Crippen LogP contribution < -0.4 is 0 Å². The summed E-state index contributed by atoms with van der Waals surface area (Å²) in [6.07, 6.45) is 0.986. The number of rotatable bonds is 3. The molecule has 6 heteroatoms. The van der Waals surface area contributed by atoms with Gasteiger partial charge in [-0.1, -0.05) is 0 Å². The van der Waals surface area contributed by atoms with Crippen molar-refractivity contribution in [1.29, 1.82) is 0 Å². The molecule has 1 fully saturated rings. The number of aryl methyl sites for hydroxylation is 1. The van der Waals surface area contributed by atoms with Gasteiger partial charge in [-0.05, 0) is 22.9 Å². The van der Waals surface area contributed by atoms with E-state index in [4.69, 9.17) is 4.74 Å². The first-order valence-electron chi connectivity index (χ1n) is 5.32. The number of thioether (sulfide) groups is 1. The number of aromatic nitrogens is 2. The number of halogens is 1. The van der Waals surface area contributed by atoms with Crippen LogP contribution in [-0.4, -0.2) is 39.1 Å². The molecule has 2 rings (SSSR count). The second kappa shape index (κ2) is 5.53. The zero-order valence-electron chi connectivity index (χ0n) is 9.10. The molecule has 2 atom stereocenters. The van der Waals surface area contributed by atoms with Crippen LogP contribution in [0.4, 0.5) is 0 Å². The number of aliphatic hydroxyl groups is 1. The lowest BCUT2D eigenvalue weighted by Gasteiger charge is -2.27. The minimum atomic E-state index is -0.607. The Kier molecular flexibility index (Phi) is 4.29. The molecule has 0 saturated carbocycles. The van der Waals surface area contributed by atoms with Crippen LogP contribution in [-0.2, 0) is 11.3 Å². The molecule has 2 unspecified atom stereocenters. The van der Waals surface area contributed by atoms with Crippen LogP contribution >= 0.6 is 27.7 Å². The zero-order chi connectivity index (χ0) is 11.5. The van der Waals surface area contributed by atoms with Gasteiger partial charge in [-0.3, -0.25) is 4.68 Å². The minimum absolute atomic E-state index is 0.128. The SMILES string of the molecule is CCn1ncc(Br)c1C(O)C1CSCCO1. The third-order valence-corrected chi connectivity index (χ3v) is 4.24. The van der Waals surface area contributed by atoms with Gasteiger partial charge in [-0.2, -0.15) is 16.9 Å². The molecule has 0 bridgehead atoms. The first-order valence-corrected chi connectivity index (χ1v) is 7.27. The van der Waals surface area contributed by atoms with E-state index >= 15 is 0 Å². The van der Waals surface area contributed by atoms with E-state index in [-0.39, 0.29) is 6.10 Å². The maximum atomic E-state index is 10.3. The molecule has 0 spiro atoms. The van der Waals surface area contributed by atoms with Crippen LogP contribution in [0.2, 0.25) is 0 Å². The Bertz CT molecular complexity index is 353. The summed E-state index contributed by atoms with van der Waals surface area (Å²) in [5.41, 5.74) is 0.815. The van der Waals surface area contributed by atoms with Crippen LogP contribution in [0.25, 0.3) is 0 Å². The van der Waals surface area contributed by atoms with E-state index in [0.29, 0.717) is 6.61 Å². The number of ether oxygens (including phenoxy) is 1. The van der Waals surface area contributed by atoms with E-state index in [1.54, 1.807) is 10.9 Å². The predicted molar refractivity (Wildman–Crippen MR) is 67.6 cm³/mol. The Morgan fingerprint density at radius 3 is 3.25 bits per heavy atom. The zero-order valence-corrected chi connectivity index (χ0v) is 11.5. The molecule has 0 amide bonds. The maximum Gasteiger partial charge on any atom is 0.124 e. The normalized spacial score (nSPS) is 23.3. The Balaban J connectivity index is 2.18. The molecule has 0 aromatic carbocycles. The number of hydrogen-bond donors (Lipinski definition) is 1. The highest BCUT2D eigenvalue weighted by atomic mass is 79.9. The highest BCUT2D eigenvalue weighted by Crippen LogP contribution is 2.30. The van der Waals surface area contributed by atoms with Crippen molar-refractivity contribution in [2.75, 3.05) is 18.1 Å². The summed E-state index contributed by atoms with van der Waals surface area (Å²) in [7, 11) is 0. The molecule has 1 saturated heterocycles. The number of hydrogen-bond acceptors (Lipinski definition) is 4. The van der Waals surface area contributed by atoms with Gasteiger partial charge >= 0.3 is 0 Å². The van der Waals surface area contributed by atoms with Gasteiger partial charge < -0.3 is 9.84 Å². The summed E-state index contributed by atoms with van der Waals surface area (Å²) in [6.45, 7) is 3.47. The van der Waals surface area contributed by atoms with Gasteiger partial charge in [0.2, 0.25) is 0 Å². The Labute approximate surface area is 107 Å². The monoisotopic (exact) mass is 306 g/mol. The van der Waals surface area contributed by atoms with Crippen molar-refractivity contribution in [2.45, 2.75) is 25.7 Å². The second-order valence-electron chi connectivity index (χ2n) is 3.62. The van der Waals surface area contributed by atoms with Crippen LogP contribution in [0.15, 0.2) is 10.7 Å². The molecule has 2 heterocycles. The van der Waals surface area contributed by atoms with Crippen molar-refractivity contribution in [3.63, 3.8) is 0 Å². The molecule has 1 aromatic heterocycles. The fraction of sp³-hybridized carbons (Fsp3) is 0.700. The molecule has 4 nitrogen and oxygen atoms in total. The van der Waals surface area contributed by atoms with E-state index in [9.17, 15) is 5.11 Å². The lowest BCUT2D eigenvalue weighted by molar-refractivity contribution is -0.0267. The lowest BCUT2D eigenvalue weighted by atomic mass is 10.1. The van der Waals surface area contributed by atoms with Crippen molar-refractivity contribution in [3.8, 4) is 0 Å². The van der Waals surface area contributed by atoms with Crippen LogP contribution in [0, 0.1) is 0 Å². The largest absolute Gasteiger partial charge is 0.384 e. The van der Waals surface area contributed by atoms with Crippen molar-refractivity contribution >= 4 is 27.7 Å². The van der Waals surface area contributed by atoms with E-state index in [1.807, 2.05) is 18.7 Å². The summed E-state index contributed by atoms with van der Waals surface area (Å²) >= 11 is 5.24. The van der Waals surface area contributed by atoms with Gasteiger partial charge in [0.25, 0.3) is 0 Å². The van der Waals surface area contributed by atoms with Gasteiger partial charge in [0.1, 0.15) is 6.10 Å².